The van der Waals surface area contributed by atoms with E-state index in [1.165, 1.54) is 0 Å². The van der Waals surface area contributed by atoms with Crippen LogP contribution in [0.2, 0.25) is 0 Å². The van der Waals surface area contributed by atoms with Crippen LogP contribution in [0.25, 0.3) is 0 Å². The molecule has 2 saturated carbocycles. The summed E-state index contributed by atoms with van der Waals surface area (Å²) < 4.78 is 6.50. The quantitative estimate of drug-likeness (QED) is 0.494. The van der Waals surface area contributed by atoms with Crippen LogP contribution in [0.5, 0.6) is 0 Å². The van der Waals surface area contributed by atoms with E-state index < -0.39 is 0 Å². The molecule has 0 aromatic heterocycles. The molecule has 2 aromatic carbocycles. The molecule has 2 aliphatic carbocycles. The van der Waals surface area contributed by atoms with Crippen molar-refractivity contribution in [1.82, 2.24) is 0 Å². The fourth-order valence-corrected chi connectivity index (χ4v) is 5.42. The van der Waals surface area contributed by atoms with Crippen LogP contribution in [0.15, 0.2) is 48.5 Å². The van der Waals surface area contributed by atoms with Crippen LogP contribution in [0.3, 0.4) is 0 Å². The lowest BCUT2D eigenvalue weighted by Crippen LogP contribution is -2.35. The molecule has 148 valence electrons. The predicted molar refractivity (Wildman–Crippen MR) is 115 cm³/mol. The topological polar surface area (TPSA) is 84.5 Å². The second kappa shape index (κ2) is 7.12. The molecule has 2 bridgehead atoms. The Labute approximate surface area is 181 Å². The molecule has 2 N–H and O–H groups in total. The fraction of sp³-hybridized carbons (Fsp3) is 0.318. The Bertz CT molecular complexity index is 1000. The molecule has 0 spiro atoms. The van der Waals surface area contributed by atoms with Gasteiger partial charge in [-0.05, 0) is 83.8 Å². The van der Waals surface area contributed by atoms with Gasteiger partial charge in [-0.2, -0.15) is 0 Å². The van der Waals surface area contributed by atoms with Gasteiger partial charge in [-0.3, -0.25) is 14.4 Å². The number of anilines is 2. The summed E-state index contributed by atoms with van der Waals surface area (Å²) in [5, 5.41) is 5.77. The third-order valence-corrected chi connectivity index (χ3v) is 7.00. The van der Waals surface area contributed by atoms with Crippen molar-refractivity contribution >= 4 is 51.7 Å². The molecule has 2 aromatic rings. The highest BCUT2D eigenvalue weighted by molar-refractivity contribution is 14.1. The van der Waals surface area contributed by atoms with E-state index in [1.807, 2.05) is 24.3 Å². The number of carbonyl (C=O) groups is 3. The lowest BCUT2D eigenvalue weighted by molar-refractivity contribution is -0.145. The van der Waals surface area contributed by atoms with Crippen LogP contribution in [0.4, 0.5) is 11.4 Å². The molecular formula is C22H19IN2O4. The van der Waals surface area contributed by atoms with E-state index in [0.717, 1.165) is 16.4 Å². The van der Waals surface area contributed by atoms with Crippen molar-refractivity contribution < 1.29 is 19.1 Å². The minimum Gasteiger partial charge on any atom is -0.462 e. The lowest BCUT2D eigenvalue weighted by atomic mass is 9.79. The molecule has 1 aliphatic heterocycles. The third-order valence-electron chi connectivity index (χ3n) is 6.28. The number of benzene rings is 2. The van der Waals surface area contributed by atoms with Gasteiger partial charge in [0, 0.05) is 26.4 Å². The minimum atomic E-state index is -0.337. The van der Waals surface area contributed by atoms with Crippen LogP contribution in [-0.2, 0) is 14.3 Å². The van der Waals surface area contributed by atoms with Crippen molar-refractivity contribution in [1.29, 1.82) is 0 Å². The van der Waals surface area contributed by atoms with E-state index in [4.69, 9.17) is 4.74 Å². The average molecular weight is 502 g/mol. The molecule has 6 nitrogen and oxygen atoms in total. The normalized spacial score (nSPS) is 28.9. The number of hydrogen-bond donors (Lipinski definition) is 2. The van der Waals surface area contributed by atoms with E-state index >= 15 is 0 Å². The maximum atomic E-state index is 12.9. The molecule has 3 aliphatic rings. The van der Waals surface area contributed by atoms with E-state index in [1.54, 1.807) is 24.3 Å². The molecule has 5 rings (SSSR count). The average Bonchev–Trinajstić information content (AvgIpc) is 3.32. The molecule has 7 heteroatoms. The standard InChI is InChI=1S/C22H19IN2O4/c23-13-4-6-14(7-5-13)24-20(26)11-2-1-3-15(8-11)25-21(27)18-12-9-16-17(10-12)29-22(28)19(16)18/h1-8,12,16-19H,9-10H2,(H,24,26)(H,25,27). The van der Waals surface area contributed by atoms with Crippen LogP contribution in [-0.4, -0.2) is 23.9 Å². The van der Waals surface area contributed by atoms with Gasteiger partial charge < -0.3 is 15.4 Å². The Balaban J connectivity index is 1.29. The maximum Gasteiger partial charge on any atom is 0.310 e. The Morgan fingerprint density at radius 3 is 2.59 bits per heavy atom. The van der Waals surface area contributed by atoms with E-state index in [2.05, 4.69) is 33.2 Å². The molecule has 1 heterocycles. The molecule has 3 fully saturated rings. The number of hydrogen-bond acceptors (Lipinski definition) is 4. The molecule has 29 heavy (non-hydrogen) atoms. The molecule has 0 radical (unpaired) electrons. The Morgan fingerprint density at radius 1 is 1.00 bits per heavy atom. The molecule has 5 atom stereocenters. The number of nitrogens with one attached hydrogen (secondary N) is 2. The number of ether oxygens (including phenoxy) is 1. The van der Waals surface area contributed by atoms with Crippen molar-refractivity contribution in [3.63, 3.8) is 0 Å². The van der Waals surface area contributed by atoms with Gasteiger partial charge in [0.1, 0.15) is 6.10 Å². The van der Waals surface area contributed by atoms with Gasteiger partial charge in [0.2, 0.25) is 5.91 Å². The maximum absolute atomic E-state index is 12.9. The molecular weight excluding hydrogens is 483 g/mol. The van der Waals surface area contributed by atoms with Gasteiger partial charge in [-0.25, -0.2) is 0 Å². The summed E-state index contributed by atoms with van der Waals surface area (Å²) in [6.45, 7) is 0. The summed E-state index contributed by atoms with van der Waals surface area (Å²) in [6.07, 6.45) is 1.68. The van der Waals surface area contributed by atoms with Gasteiger partial charge in [-0.1, -0.05) is 6.07 Å². The highest BCUT2D eigenvalue weighted by Crippen LogP contribution is 2.57. The number of amides is 2. The van der Waals surface area contributed by atoms with Crippen LogP contribution in [0.1, 0.15) is 23.2 Å². The lowest BCUT2D eigenvalue weighted by Gasteiger charge is -2.23. The molecule has 1 saturated heterocycles. The summed E-state index contributed by atoms with van der Waals surface area (Å²) in [5.41, 5.74) is 1.71. The largest absolute Gasteiger partial charge is 0.462 e. The summed E-state index contributed by atoms with van der Waals surface area (Å²) in [5.74, 6) is -0.894. The number of carbonyl (C=O) groups excluding carboxylic acids is 3. The van der Waals surface area contributed by atoms with Gasteiger partial charge in [0.15, 0.2) is 0 Å². The highest BCUT2D eigenvalue weighted by atomic mass is 127. The summed E-state index contributed by atoms with van der Waals surface area (Å²) in [4.78, 5) is 37.6. The van der Waals surface area contributed by atoms with Crippen LogP contribution in [0, 0.1) is 27.2 Å². The van der Waals surface area contributed by atoms with Gasteiger partial charge in [-0.15, -0.1) is 0 Å². The monoisotopic (exact) mass is 502 g/mol. The number of fused-ring (bicyclic) bond motifs is 1. The number of esters is 1. The second-order valence-corrected chi connectivity index (χ2v) is 9.20. The van der Waals surface area contributed by atoms with E-state index in [0.29, 0.717) is 16.9 Å². The summed E-state index contributed by atoms with van der Waals surface area (Å²) in [7, 11) is 0. The smallest absolute Gasteiger partial charge is 0.310 e. The Kier molecular flexibility index (Phi) is 4.57. The number of halogens is 1. The third kappa shape index (κ3) is 3.31. The fourth-order valence-electron chi connectivity index (χ4n) is 5.06. The first-order valence-electron chi connectivity index (χ1n) is 9.68. The van der Waals surface area contributed by atoms with Gasteiger partial charge >= 0.3 is 5.97 Å². The van der Waals surface area contributed by atoms with Crippen LogP contribution < -0.4 is 10.6 Å². The molecule has 5 unspecified atom stereocenters. The minimum absolute atomic E-state index is 0.00911. The first kappa shape index (κ1) is 18.6. The first-order chi connectivity index (χ1) is 14.0. The van der Waals surface area contributed by atoms with Crippen molar-refractivity contribution in [2.75, 3.05) is 10.6 Å². The van der Waals surface area contributed by atoms with Gasteiger partial charge in [0.05, 0.1) is 11.8 Å². The van der Waals surface area contributed by atoms with Crippen molar-refractivity contribution in [3.8, 4) is 0 Å². The van der Waals surface area contributed by atoms with Crippen molar-refractivity contribution in [2.24, 2.45) is 23.7 Å². The van der Waals surface area contributed by atoms with Gasteiger partial charge in [0.25, 0.3) is 5.91 Å². The predicted octanol–water partition coefficient (Wildman–Crippen LogP) is 3.68. The highest BCUT2D eigenvalue weighted by Gasteiger charge is 2.63. The Morgan fingerprint density at radius 2 is 1.79 bits per heavy atom. The number of rotatable bonds is 4. The second-order valence-electron chi connectivity index (χ2n) is 7.95. The summed E-state index contributed by atoms with van der Waals surface area (Å²) in [6, 6.07) is 14.4. The van der Waals surface area contributed by atoms with E-state index in [-0.39, 0.29) is 47.6 Å². The van der Waals surface area contributed by atoms with Crippen molar-refractivity contribution in [2.45, 2.75) is 18.9 Å². The molecule has 2 amide bonds. The SMILES string of the molecule is O=C(Nc1ccc(I)cc1)c1cccc(NC(=O)C2C3CC4OC(=O)C2C4C3)c1. The Hall–Kier alpha value is -2.42. The zero-order valence-corrected chi connectivity index (χ0v) is 17.6. The zero-order chi connectivity index (χ0) is 20.1. The first-order valence-corrected chi connectivity index (χ1v) is 10.8. The summed E-state index contributed by atoms with van der Waals surface area (Å²) >= 11 is 2.21. The zero-order valence-electron chi connectivity index (χ0n) is 15.4. The van der Waals surface area contributed by atoms with Crippen LogP contribution >= 0.6 is 22.6 Å². The van der Waals surface area contributed by atoms with E-state index in [9.17, 15) is 14.4 Å². The van der Waals surface area contributed by atoms with Crippen molar-refractivity contribution in [3.05, 3.63) is 57.7 Å².